The van der Waals surface area contributed by atoms with E-state index in [-0.39, 0.29) is 11.8 Å². The van der Waals surface area contributed by atoms with E-state index >= 15 is 0 Å². The van der Waals surface area contributed by atoms with Gasteiger partial charge < -0.3 is 9.80 Å². The molecule has 0 bridgehead atoms. The van der Waals surface area contributed by atoms with Crippen LogP contribution < -0.4 is 0 Å². The van der Waals surface area contributed by atoms with Crippen LogP contribution in [0.15, 0.2) is 48.5 Å². The summed E-state index contributed by atoms with van der Waals surface area (Å²) >= 11 is 6.00. The highest BCUT2D eigenvalue weighted by Gasteiger charge is 2.26. The molecule has 0 spiro atoms. The lowest BCUT2D eigenvalue weighted by molar-refractivity contribution is -0.131. The van der Waals surface area contributed by atoms with Crippen molar-refractivity contribution in [2.45, 2.75) is 27.2 Å². The van der Waals surface area contributed by atoms with E-state index in [1.54, 1.807) is 0 Å². The molecule has 0 aliphatic carbocycles. The van der Waals surface area contributed by atoms with Crippen LogP contribution in [0.25, 0.3) is 5.69 Å². The van der Waals surface area contributed by atoms with Gasteiger partial charge in [-0.15, -0.1) is 0 Å². The van der Waals surface area contributed by atoms with E-state index in [0.717, 1.165) is 28.2 Å². The minimum Gasteiger partial charge on any atom is -0.339 e. The Hall–Kier alpha value is -3.12. The SMILES string of the molecule is Cc1ccc(C(=O)N2CCN(C(=O)Cc3c(C)nn(-c4ccc(Cl)cc4)c3C)CC2)cc1. The van der Waals surface area contributed by atoms with Crippen LogP contribution in [-0.2, 0) is 11.2 Å². The summed E-state index contributed by atoms with van der Waals surface area (Å²) in [7, 11) is 0. The average molecular weight is 451 g/mol. The van der Waals surface area contributed by atoms with Gasteiger partial charge in [0.2, 0.25) is 5.91 Å². The highest BCUT2D eigenvalue weighted by molar-refractivity contribution is 6.30. The van der Waals surface area contributed by atoms with Crippen LogP contribution in [0.4, 0.5) is 0 Å². The molecule has 1 aromatic heterocycles. The van der Waals surface area contributed by atoms with Gasteiger partial charge in [-0.1, -0.05) is 29.3 Å². The topological polar surface area (TPSA) is 58.4 Å². The lowest BCUT2D eigenvalue weighted by Gasteiger charge is -2.35. The molecule has 1 aliphatic heterocycles. The summed E-state index contributed by atoms with van der Waals surface area (Å²) in [5, 5.41) is 5.31. The molecule has 4 rings (SSSR count). The first kappa shape index (κ1) is 22.1. The van der Waals surface area contributed by atoms with Crippen molar-refractivity contribution in [2.24, 2.45) is 0 Å². The normalized spacial score (nSPS) is 14.0. The number of carbonyl (C=O) groups is 2. The maximum absolute atomic E-state index is 13.0. The molecule has 1 aliphatic rings. The molecule has 0 radical (unpaired) electrons. The van der Waals surface area contributed by atoms with E-state index in [9.17, 15) is 9.59 Å². The van der Waals surface area contributed by atoms with Gasteiger partial charge in [-0.05, 0) is 57.2 Å². The molecular weight excluding hydrogens is 424 g/mol. The number of piperazine rings is 1. The van der Waals surface area contributed by atoms with Crippen LogP contribution >= 0.6 is 11.6 Å². The molecule has 2 amide bonds. The molecule has 0 N–H and O–H groups in total. The monoisotopic (exact) mass is 450 g/mol. The van der Waals surface area contributed by atoms with Crippen molar-refractivity contribution < 1.29 is 9.59 Å². The van der Waals surface area contributed by atoms with E-state index in [4.69, 9.17) is 11.6 Å². The van der Waals surface area contributed by atoms with E-state index in [1.165, 1.54) is 0 Å². The fourth-order valence-electron chi connectivity index (χ4n) is 4.07. The lowest BCUT2D eigenvalue weighted by Crippen LogP contribution is -2.51. The summed E-state index contributed by atoms with van der Waals surface area (Å²) < 4.78 is 1.85. The fourth-order valence-corrected chi connectivity index (χ4v) is 4.19. The third-order valence-corrected chi connectivity index (χ3v) is 6.31. The Morgan fingerprint density at radius 3 is 2.09 bits per heavy atom. The van der Waals surface area contributed by atoms with E-state index < -0.39 is 0 Å². The van der Waals surface area contributed by atoms with Gasteiger partial charge in [0, 0.05) is 48.0 Å². The number of hydrogen-bond acceptors (Lipinski definition) is 3. The second kappa shape index (κ2) is 9.17. The largest absolute Gasteiger partial charge is 0.339 e. The number of aromatic nitrogens is 2. The zero-order valence-electron chi connectivity index (χ0n) is 18.6. The first-order valence-electron chi connectivity index (χ1n) is 10.8. The molecule has 0 atom stereocenters. The Kier molecular flexibility index (Phi) is 6.33. The van der Waals surface area contributed by atoms with Crippen molar-refractivity contribution in [1.82, 2.24) is 19.6 Å². The molecule has 1 saturated heterocycles. The summed E-state index contributed by atoms with van der Waals surface area (Å²) in [6.45, 7) is 8.08. The molecule has 166 valence electrons. The number of carbonyl (C=O) groups excluding carboxylic acids is 2. The second-order valence-corrected chi connectivity index (χ2v) is 8.69. The van der Waals surface area contributed by atoms with Crippen LogP contribution in [0.1, 0.15) is 32.9 Å². The van der Waals surface area contributed by atoms with Crippen molar-refractivity contribution in [1.29, 1.82) is 0 Å². The summed E-state index contributed by atoms with van der Waals surface area (Å²) in [5.41, 5.74) is 5.48. The number of benzene rings is 2. The zero-order chi connectivity index (χ0) is 22.8. The van der Waals surface area contributed by atoms with Gasteiger partial charge in [-0.3, -0.25) is 9.59 Å². The fraction of sp³-hybridized carbons (Fsp3) is 0.320. The molecule has 7 heteroatoms. The summed E-state index contributed by atoms with van der Waals surface area (Å²) in [6.07, 6.45) is 0.303. The highest BCUT2D eigenvalue weighted by atomic mass is 35.5. The zero-order valence-corrected chi connectivity index (χ0v) is 19.4. The number of rotatable bonds is 4. The van der Waals surface area contributed by atoms with Crippen molar-refractivity contribution in [3.8, 4) is 5.69 Å². The number of amides is 2. The summed E-state index contributed by atoms with van der Waals surface area (Å²) in [6, 6.07) is 15.1. The van der Waals surface area contributed by atoms with E-state index in [1.807, 2.05) is 83.8 Å². The molecule has 0 saturated carbocycles. The number of hydrogen-bond donors (Lipinski definition) is 0. The first-order valence-corrected chi connectivity index (χ1v) is 11.2. The molecule has 2 aromatic carbocycles. The van der Waals surface area contributed by atoms with Gasteiger partial charge in [-0.2, -0.15) is 5.10 Å². The molecule has 32 heavy (non-hydrogen) atoms. The van der Waals surface area contributed by atoms with Gasteiger partial charge in [0.15, 0.2) is 0 Å². The molecule has 6 nitrogen and oxygen atoms in total. The van der Waals surface area contributed by atoms with Gasteiger partial charge >= 0.3 is 0 Å². The summed E-state index contributed by atoms with van der Waals surface area (Å²) in [5.74, 6) is 0.0855. The quantitative estimate of drug-likeness (QED) is 0.604. The van der Waals surface area contributed by atoms with Crippen LogP contribution in [0.5, 0.6) is 0 Å². The van der Waals surface area contributed by atoms with Crippen molar-refractivity contribution >= 4 is 23.4 Å². The van der Waals surface area contributed by atoms with Crippen LogP contribution in [0, 0.1) is 20.8 Å². The van der Waals surface area contributed by atoms with Crippen LogP contribution in [-0.4, -0.2) is 57.6 Å². The molecule has 2 heterocycles. The molecule has 1 fully saturated rings. The maximum Gasteiger partial charge on any atom is 0.253 e. The number of aryl methyl sites for hydroxylation is 2. The van der Waals surface area contributed by atoms with Gasteiger partial charge in [0.25, 0.3) is 5.91 Å². The predicted molar refractivity (Wildman–Crippen MR) is 125 cm³/mol. The number of halogens is 1. The molecule has 3 aromatic rings. The summed E-state index contributed by atoms with van der Waals surface area (Å²) in [4.78, 5) is 29.4. The second-order valence-electron chi connectivity index (χ2n) is 8.25. The van der Waals surface area contributed by atoms with Crippen molar-refractivity contribution in [3.05, 3.63) is 81.6 Å². The Morgan fingerprint density at radius 1 is 0.875 bits per heavy atom. The standard InChI is InChI=1S/C25H27ClN4O2/c1-17-4-6-20(7-5-17)25(32)29-14-12-28(13-15-29)24(31)16-23-18(2)27-30(19(23)3)22-10-8-21(26)9-11-22/h4-11H,12-16H2,1-3H3. The smallest absolute Gasteiger partial charge is 0.253 e. The van der Waals surface area contributed by atoms with Crippen LogP contribution in [0.3, 0.4) is 0 Å². The van der Waals surface area contributed by atoms with Gasteiger partial charge in [0.05, 0.1) is 17.8 Å². The Morgan fingerprint density at radius 2 is 1.47 bits per heavy atom. The van der Waals surface area contributed by atoms with E-state index in [0.29, 0.717) is 43.2 Å². The third-order valence-electron chi connectivity index (χ3n) is 6.06. The van der Waals surface area contributed by atoms with Crippen molar-refractivity contribution in [2.75, 3.05) is 26.2 Å². The molecule has 0 unspecified atom stereocenters. The number of nitrogens with zero attached hydrogens (tertiary/aromatic N) is 4. The third kappa shape index (κ3) is 4.55. The van der Waals surface area contributed by atoms with Crippen molar-refractivity contribution in [3.63, 3.8) is 0 Å². The Bertz CT molecular complexity index is 1130. The van der Waals surface area contributed by atoms with Crippen LogP contribution in [0.2, 0.25) is 5.02 Å². The Labute approximate surface area is 193 Å². The first-order chi connectivity index (χ1) is 15.3. The van der Waals surface area contributed by atoms with E-state index in [2.05, 4.69) is 5.10 Å². The Balaban J connectivity index is 1.39. The highest BCUT2D eigenvalue weighted by Crippen LogP contribution is 2.21. The van der Waals surface area contributed by atoms with Gasteiger partial charge in [-0.25, -0.2) is 4.68 Å². The predicted octanol–water partition coefficient (Wildman–Crippen LogP) is 3.98. The maximum atomic E-state index is 13.0. The average Bonchev–Trinajstić information content (AvgIpc) is 3.08. The molecular formula is C25H27ClN4O2. The van der Waals surface area contributed by atoms with Gasteiger partial charge in [0.1, 0.15) is 0 Å². The minimum atomic E-state index is 0.0213. The minimum absolute atomic E-state index is 0.0213. The lowest BCUT2D eigenvalue weighted by atomic mass is 10.1.